The summed E-state index contributed by atoms with van der Waals surface area (Å²) in [4.78, 5) is 14.6. The number of nitrogens with two attached hydrogens (primary N) is 1. The van der Waals surface area contributed by atoms with Crippen molar-refractivity contribution < 1.29 is 9.47 Å². The Bertz CT molecular complexity index is 1220. The molecule has 0 radical (unpaired) electrons. The molecule has 30 heavy (non-hydrogen) atoms. The maximum atomic E-state index is 6.08. The van der Waals surface area contributed by atoms with E-state index in [2.05, 4.69) is 72.8 Å². The van der Waals surface area contributed by atoms with Gasteiger partial charge in [-0.3, -0.25) is 0 Å². The zero-order valence-corrected chi connectivity index (χ0v) is 20.1. The molecule has 0 aliphatic carbocycles. The first-order valence-corrected chi connectivity index (χ1v) is 11.8. The van der Waals surface area contributed by atoms with E-state index in [4.69, 9.17) is 20.2 Å². The van der Waals surface area contributed by atoms with Crippen molar-refractivity contribution in [2.75, 3.05) is 12.5 Å². The molecule has 3 aliphatic heterocycles. The molecular formula is C20H15BrIN5O2S. The second-order valence-electron chi connectivity index (χ2n) is 6.62. The van der Waals surface area contributed by atoms with E-state index in [1.165, 1.54) is 20.9 Å². The number of anilines is 1. The van der Waals surface area contributed by atoms with Crippen LogP contribution in [0.4, 0.5) is 5.82 Å². The number of fused-ring (bicyclic) bond motifs is 2. The highest BCUT2D eigenvalue weighted by Gasteiger charge is 2.22. The Morgan fingerprint density at radius 3 is 2.83 bits per heavy atom. The van der Waals surface area contributed by atoms with Crippen LogP contribution in [-0.2, 0) is 13.0 Å². The molecule has 7 nitrogen and oxygen atoms in total. The van der Waals surface area contributed by atoms with E-state index in [9.17, 15) is 0 Å². The summed E-state index contributed by atoms with van der Waals surface area (Å²) in [5.74, 6) is 2.54. The predicted molar refractivity (Wildman–Crippen MR) is 126 cm³/mol. The quantitative estimate of drug-likeness (QED) is 0.330. The Morgan fingerprint density at radius 2 is 2.00 bits per heavy atom. The van der Waals surface area contributed by atoms with E-state index in [0.717, 1.165) is 33.9 Å². The molecule has 0 fully saturated rings. The fourth-order valence-corrected chi connectivity index (χ4v) is 5.12. The molecule has 10 heteroatoms. The van der Waals surface area contributed by atoms with Crippen LogP contribution in [0, 0.1) is 3.57 Å². The number of ether oxygens (including phenoxy) is 2. The molecule has 0 aromatic heterocycles. The molecule has 0 saturated carbocycles. The van der Waals surface area contributed by atoms with E-state index in [1.807, 2.05) is 16.7 Å². The third kappa shape index (κ3) is 3.95. The SMILES string of the molecule is Nc1ncn(CCc2cccc(I)c2)c2nc(Sc3cc4c(cc3Br)OCO4)nc1-2. The zero-order valence-electron chi connectivity index (χ0n) is 15.5. The topological polar surface area (TPSA) is 88.1 Å². The first-order chi connectivity index (χ1) is 14.6. The maximum absolute atomic E-state index is 6.08. The van der Waals surface area contributed by atoms with Gasteiger partial charge in [0.1, 0.15) is 0 Å². The average Bonchev–Trinajstić information content (AvgIpc) is 3.35. The van der Waals surface area contributed by atoms with Gasteiger partial charge in [-0.15, -0.1) is 0 Å². The Labute approximate surface area is 199 Å². The molecule has 2 aromatic carbocycles. The van der Waals surface area contributed by atoms with Gasteiger partial charge in [0, 0.05) is 19.5 Å². The first-order valence-electron chi connectivity index (χ1n) is 9.06. The zero-order chi connectivity index (χ0) is 20.7. The van der Waals surface area contributed by atoms with Crippen LogP contribution in [0.15, 0.2) is 57.3 Å². The van der Waals surface area contributed by atoms with Gasteiger partial charge in [-0.2, -0.15) is 0 Å². The van der Waals surface area contributed by atoms with E-state index in [-0.39, 0.29) is 6.79 Å². The number of rotatable bonds is 5. The molecule has 152 valence electrons. The second kappa shape index (κ2) is 8.23. The third-order valence-electron chi connectivity index (χ3n) is 4.63. The summed E-state index contributed by atoms with van der Waals surface area (Å²) in [6, 6.07) is 12.3. The standard InChI is InChI=1S/C20H15BrIN5O2S/c21-13-7-14-15(29-10-28-14)8-16(13)30-20-25-17-18(23)24-9-27(19(17)26-20)5-4-11-2-1-3-12(22)6-11/h1-3,6-9H,4-5,10,23H2. The summed E-state index contributed by atoms with van der Waals surface area (Å²) in [5, 5.41) is 0.604. The average molecular weight is 596 g/mol. The highest BCUT2D eigenvalue weighted by molar-refractivity contribution is 14.1. The molecule has 3 aliphatic rings. The summed E-state index contributed by atoms with van der Waals surface area (Å²) < 4.78 is 15.0. The van der Waals surface area contributed by atoms with Gasteiger partial charge in [-0.05, 0) is 86.5 Å². The van der Waals surface area contributed by atoms with Crippen LogP contribution < -0.4 is 15.2 Å². The van der Waals surface area contributed by atoms with Crippen molar-refractivity contribution in [2.45, 2.75) is 23.0 Å². The number of benzene rings is 2. The van der Waals surface area contributed by atoms with Gasteiger partial charge in [0.05, 0.1) is 6.33 Å². The normalized spacial score (nSPS) is 12.6. The van der Waals surface area contributed by atoms with Crippen LogP contribution in [0.25, 0.3) is 11.5 Å². The third-order valence-corrected chi connectivity index (χ3v) is 7.14. The number of nitrogens with zero attached hydrogens (tertiary/aromatic N) is 4. The molecule has 0 spiro atoms. The summed E-state index contributed by atoms with van der Waals surface area (Å²) in [7, 11) is 0. The summed E-state index contributed by atoms with van der Waals surface area (Å²) in [6.07, 6.45) is 2.59. The minimum atomic E-state index is 0.231. The molecule has 2 aromatic rings. The van der Waals surface area contributed by atoms with Crippen molar-refractivity contribution in [3.05, 3.63) is 56.3 Å². The van der Waals surface area contributed by atoms with Crippen molar-refractivity contribution in [3.63, 3.8) is 0 Å². The molecule has 2 N–H and O–H groups in total. The summed E-state index contributed by atoms with van der Waals surface area (Å²) in [6.45, 7) is 0.968. The lowest BCUT2D eigenvalue weighted by Gasteiger charge is -2.11. The minimum absolute atomic E-state index is 0.231. The number of aromatic nitrogens is 4. The van der Waals surface area contributed by atoms with Gasteiger partial charge in [0.15, 0.2) is 34.0 Å². The van der Waals surface area contributed by atoms with Gasteiger partial charge in [-0.25, -0.2) is 15.0 Å². The number of hydrogen-bond acceptors (Lipinski definition) is 7. The van der Waals surface area contributed by atoms with Gasteiger partial charge in [0.25, 0.3) is 0 Å². The highest BCUT2D eigenvalue weighted by atomic mass is 127. The van der Waals surface area contributed by atoms with Crippen LogP contribution >= 0.6 is 50.3 Å². The molecule has 0 atom stereocenters. The number of aryl methyl sites for hydroxylation is 2. The fraction of sp³-hybridized carbons (Fsp3) is 0.150. The number of imidazole rings is 1. The lowest BCUT2D eigenvalue weighted by Crippen LogP contribution is -2.10. The Hall–Kier alpha value is -2.05. The lowest BCUT2D eigenvalue weighted by atomic mass is 10.1. The smallest absolute Gasteiger partial charge is 0.231 e. The van der Waals surface area contributed by atoms with Crippen molar-refractivity contribution in [2.24, 2.45) is 0 Å². The molecule has 0 amide bonds. The van der Waals surface area contributed by atoms with Gasteiger partial charge >= 0.3 is 0 Å². The van der Waals surface area contributed by atoms with Crippen molar-refractivity contribution in [1.82, 2.24) is 19.5 Å². The maximum Gasteiger partial charge on any atom is 0.231 e. The second-order valence-corrected chi connectivity index (χ2v) is 9.73. The Kier molecular flexibility index (Phi) is 5.46. The van der Waals surface area contributed by atoms with Crippen LogP contribution in [0.5, 0.6) is 11.5 Å². The van der Waals surface area contributed by atoms with Crippen LogP contribution in [0.2, 0.25) is 0 Å². The van der Waals surface area contributed by atoms with E-state index < -0.39 is 0 Å². The van der Waals surface area contributed by atoms with E-state index in [1.54, 1.807) is 6.33 Å². The van der Waals surface area contributed by atoms with Crippen LogP contribution in [-0.4, -0.2) is 26.3 Å². The van der Waals surface area contributed by atoms with Gasteiger partial charge in [0.2, 0.25) is 6.79 Å². The monoisotopic (exact) mass is 595 g/mol. The molecule has 0 bridgehead atoms. The van der Waals surface area contributed by atoms with Crippen LogP contribution in [0.1, 0.15) is 5.56 Å². The van der Waals surface area contributed by atoms with Gasteiger partial charge in [-0.1, -0.05) is 12.1 Å². The number of nitrogen functional groups attached to an aromatic ring is 1. The fourth-order valence-electron chi connectivity index (χ4n) is 3.16. The molecular weight excluding hydrogens is 581 g/mol. The number of halogens is 2. The molecule has 5 rings (SSSR count). The van der Waals surface area contributed by atoms with Crippen molar-refractivity contribution in [3.8, 4) is 23.0 Å². The Balaban J connectivity index is 1.43. The summed E-state index contributed by atoms with van der Waals surface area (Å²) in [5.41, 5.74) is 7.95. The minimum Gasteiger partial charge on any atom is -0.454 e. The van der Waals surface area contributed by atoms with E-state index in [0.29, 0.717) is 22.4 Å². The number of hydrogen-bond donors (Lipinski definition) is 1. The van der Waals surface area contributed by atoms with Crippen molar-refractivity contribution in [1.29, 1.82) is 0 Å². The first kappa shape index (κ1) is 19.9. The van der Waals surface area contributed by atoms with Gasteiger partial charge < -0.3 is 19.8 Å². The predicted octanol–water partition coefficient (Wildman–Crippen LogP) is 4.85. The summed E-state index contributed by atoms with van der Waals surface area (Å²) >= 11 is 7.34. The molecule has 3 heterocycles. The van der Waals surface area contributed by atoms with Crippen LogP contribution in [0.3, 0.4) is 0 Å². The largest absolute Gasteiger partial charge is 0.454 e. The highest BCUT2D eigenvalue weighted by Crippen LogP contribution is 2.43. The molecule has 0 saturated heterocycles. The Morgan fingerprint density at radius 1 is 1.17 bits per heavy atom. The lowest BCUT2D eigenvalue weighted by molar-refractivity contribution is 0.174. The molecule has 0 unspecified atom stereocenters. The van der Waals surface area contributed by atoms with E-state index >= 15 is 0 Å². The van der Waals surface area contributed by atoms with Crippen molar-refractivity contribution >= 4 is 56.1 Å².